The Kier molecular flexibility index (Phi) is 5.01. The quantitative estimate of drug-likeness (QED) is 0.897. The van der Waals surface area contributed by atoms with E-state index in [0.29, 0.717) is 11.0 Å². The standard InChI is InChI=1S/C15H14BrNO3/c16-13-7-6-12(8-14(13)18)9-17-15(19)20-10-11-4-2-1-3-5-11/h1-8,18H,9-10H2,(H,17,19). The van der Waals surface area contributed by atoms with Crippen LogP contribution in [0.4, 0.5) is 4.79 Å². The molecule has 0 heterocycles. The molecule has 0 radical (unpaired) electrons. The molecule has 5 heteroatoms. The topological polar surface area (TPSA) is 58.6 Å². The molecule has 0 aromatic heterocycles. The summed E-state index contributed by atoms with van der Waals surface area (Å²) in [6.07, 6.45) is -0.490. The lowest BCUT2D eigenvalue weighted by molar-refractivity contribution is 0.139. The Bertz CT molecular complexity index is 587. The van der Waals surface area contributed by atoms with Gasteiger partial charge in [0, 0.05) is 6.54 Å². The third-order valence-corrected chi connectivity index (χ3v) is 3.33. The number of halogens is 1. The van der Waals surface area contributed by atoms with Crippen molar-refractivity contribution in [2.24, 2.45) is 0 Å². The smallest absolute Gasteiger partial charge is 0.407 e. The second kappa shape index (κ2) is 6.96. The fourth-order valence-electron chi connectivity index (χ4n) is 1.62. The number of nitrogens with one attached hydrogen (secondary N) is 1. The summed E-state index contributed by atoms with van der Waals surface area (Å²) in [5.41, 5.74) is 1.73. The summed E-state index contributed by atoms with van der Waals surface area (Å²) in [5.74, 6) is 0.141. The molecule has 2 aromatic carbocycles. The number of carbonyl (C=O) groups excluding carboxylic acids is 1. The van der Waals surface area contributed by atoms with Crippen LogP contribution in [0.3, 0.4) is 0 Å². The average molecular weight is 336 g/mol. The summed E-state index contributed by atoms with van der Waals surface area (Å²) < 4.78 is 5.70. The first-order valence-corrected chi connectivity index (χ1v) is 6.86. The zero-order chi connectivity index (χ0) is 14.4. The zero-order valence-corrected chi connectivity index (χ0v) is 12.3. The summed E-state index contributed by atoms with van der Waals surface area (Å²) in [7, 11) is 0. The highest BCUT2D eigenvalue weighted by atomic mass is 79.9. The molecule has 0 aliphatic heterocycles. The van der Waals surface area contributed by atoms with Crippen LogP contribution < -0.4 is 5.32 Å². The molecule has 1 amide bonds. The first-order valence-electron chi connectivity index (χ1n) is 6.07. The van der Waals surface area contributed by atoms with E-state index in [0.717, 1.165) is 11.1 Å². The monoisotopic (exact) mass is 335 g/mol. The number of phenols is 1. The van der Waals surface area contributed by atoms with Gasteiger partial charge in [-0.25, -0.2) is 4.79 Å². The van der Waals surface area contributed by atoms with Crippen LogP contribution in [-0.2, 0) is 17.9 Å². The number of phenolic OH excluding ortho intramolecular Hbond substituents is 1. The van der Waals surface area contributed by atoms with E-state index in [1.807, 2.05) is 30.3 Å². The molecule has 0 saturated heterocycles. The van der Waals surface area contributed by atoms with Crippen LogP contribution in [0.2, 0.25) is 0 Å². The Balaban J connectivity index is 1.79. The second-order valence-electron chi connectivity index (χ2n) is 4.20. The summed E-state index contributed by atoms with van der Waals surface area (Å²) >= 11 is 3.20. The SMILES string of the molecule is O=C(NCc1ccc(Br)c(O)c1)OCc1ccccc1. The number of amides is 1. The van der Waals surface area contributed by atoms with E-state index in [1.54, 1.807) is 18.2 Å². The van der Waals surface area contributed by atoms with Crippen LogP contribution in [0.1, 0.15) is 11.1 Å². The Labute approximate surface area is 125 Å². The minimum absolute atomic E-state index is 0.141. The number of hydrogen-bond donors (Lipinski definition) is 2. The van der Waals surface area contributed by atoms with Crippen LogP contribution in [0.25, 0.3) is 0 Å². The largest absolute Gasteiger partial charge is 0.507 e. The Morgan fingerprint density at radius 2 is 1.90 bits per heavy atom. The molecular weight excluding hydrogens is 322 g/mol. The third-order valence-electron chi connectivity index (χ3n) is 2.66. The van der Waals surface area contributed by atoms with E-state index >= 15 is 0 Å². The van der Waals surface area contributed by atoms with Crippen molar-refractivity contribution >= 4 is 22.0 Å². The number of hydrogen-bond acceptors (Lipinski definition) is 3. The molecule has 0 bridgehead atoms. The molecule has 2 N–H and O–H groups in total. The van der Waals surface area contributed by atoms with Gasteiger partial charge < -0.3 is 15.2 Å². The molecule has 2 rings (SSSR count). The normalized spacial score (nSPS) is 10.1. The molecule has 104 valence electrons. The molecule has 0 fully saturated rings. The molecule has 0 saturated carbocycles. The molecule has 0 atom stereocenters. The van der Waals surface area contributed by atoms with Gasteiger partial charge in [-0.15, -0.1) is 0 Å². The lowest BCUT2D eigenvalue weighted by Crippen LogP contribution is -2.23. The van der Waals surface area contributed by atoms with Gasteiger partial charge in [-0.05, 0) is 39.2 Å². The number of rotatable bonds is 4. The van der Waals surface area contributed by atoms with Crippen molar-refractivity contribution in [3.8, 4) is 5.75 Å². The molecule has 0 spiro atoms. The van der Waals surface area contributed by atoms with Crippen molar-refractivity contribution < 1.29 is 14.6 Å². The maximum atomic E-state index is 11.5. The van der Waals surface area contributed by atoms with Crippen LogP contribution in [0.5, 0.6) is 5.75 Å². The highest BCUT2D eigenvalue weighted by Crippen LogP contribution is 2.24. The Morgan fingerprint density at radius 3 is 2.60 bits per heavy atom. The lowest BCUT2D eigenvalue weighted by Gasteiger charge is -2.08. The number of benzene rings is 2. The maximum Gasteiger partial charge on any atom is 0.407 e. The second-order valence-corrected chi connectivity index (χ2v) is 5.06. The van der Waals surface area contributed by atoms with Crippen molar-refractivity contribution in [1.29, 1.82) is 0 Å². The molecular formula is C15H14BrNO3. The average Bonchev–Trinajstić information content (AvgIpc) is 2.47. The van der Waals surface area contributed by atoms with Crippen molar-refractivity contribution in [1.82, 2.24) is 5.32 Å². The van der Waals surface area contributed by atoms with Gasteiger partial charge >= 0.3 is 6.09 Å². The molecule has 4 nitrogen and oxygen atoms in total. The predicted molar refractivity (Wildman–Crippen MR) is 79.3 cm³/mol. The van der Waals surface area contributed by atoms with Gasteiger partial charge in [0.15, 0.2) is 0 Å². The summed E-state index contributed by atoms with van der Waals surface area (Å²) in [6.45, 7) is 0.534. The Hall–Kier alpha value is -2.01. The van der Waals surface area contributed by atoms with Gasteiger partial charge in [-0.2, -0.15) is 0 Å². The van der Waals surface area contributed by atoms with E-state index in [1.165, 1.54) is 0 Å². The zero-order valence-electron chi connectivity index (χ0n) is 10.7. The molecule has 0 aliphatic rings. The van der Waals surface area contributed by atoms with Crippen molar-refractivity contribution in [3.63, 3.8) is 0 Å². The predicted octanol–water partition coefficient (Wildman–Crippen LogP) is 3.58. The Morgan fingerprint density at radius 1 is 1.15 bits per heavy atom. The van der Waals surface area contributed by atoms with Crippen LogP contribution in [-0.4, -0.2) is 11.2 Å². The number of aromatic hydroxyl groups is 1. The van der Waals surface area contributed by atoms with Gasteiger partial charge in [-0.1, -0.05) is 36.4 Å². The summed E-state index contributed by atoms with van der Waals surface area (Å²) in [5, 5.41) is 12.2. The van der Waals surface area contributed by atoms with Gasteiger partial charge in [-0.3, -0.25) is 0 Å². The first kappa shape index (κ1) is 14.4. The van der Waals surface area contributed by atoms with E-state index < -0.39 is 6.09 Å². The van der Waals surface area contributed by atoms with Crippen LogP contribution >= 0.6 is 15.9 Å². The van der Waals surface area contributed by atoms with Gasteiger partial charge in [0.25, 0.3) is 0 Å². The summed E-state index contributed by atoms with van der Waals surface area (Å²) in [4.78, 5) is 11.5. The fourth-order valence-corrected chi connectivity index (χ4v) is 1.86. The van der Waals surface area contributed by atoms with Crippen LogP contribution in [0.15, 0.2) is 53.0 Å². The summed E-state index contributed by atoms with van der Waals surface area (Å²) in [6, 6.07) is 14.6. The molecule has 20 heavy (non-hydrogen) atoms. The highest BCUT2D eigenvalue weighted by molar-refractivity contribution is 9.10. The fraction of sp³-hybridized carbons (Fsp3) is 0.133. The molecule has 0 aliphatic carbocycles. The van der Waals surface area contributed by atoms with Gasteiger partial charge in [0.2, 0.25) is 0 Å². The number of ether oxygens (including phenoxy) is 1. The van der Waals surface area contributed by atoms with E-state index in [9.17, 15) is 9.90 Å². The highest BCUT2D eigenvalue weighted by Gasteiger charge is 2.04. The van der Waals surface area contributed by atoms with E-state index in [2.05, 4.69) is 21.2 Å². The van der Waals surface area contributed by atoms with Crippen molar-refractivity contribution in [2.75, 3.05) is 0 Å². The van der Waals surface area contributed by atoms with E-state index in [4.69, 9.17) is 4.74 Å². The van der Waals surface area contributed by atoms with Gasteiger partial charge in [0.1, 0.15) is 12.4 Å². The van der Waals surface area contributed by atoms with Crippen molar-refractivity contribution in [3.05, 3.63) is 64.1 Å². The maximum absolute atomic E-state index is 11.5. The third kappa shape index (κ3) is 4.28. The number of carbonyl (C=O) groups is 1. The number of alkyl carbamates (subject to hydrolysis) is 1. The minimum Gasteiger partial charge on any atom is -0.507 e. The first-order chi connectivity index (χ1) is 9.65. The van der Waals surface area contributed by atoms with Crippen molar-refractivity contribution in [2.45, 2.75) is 13.2 Å². The molecule has 0 unspecified atom stereocenters. The van der Waals surface area contributed by atoms with Crippen LogP contribution in [0, 0.1) is 0 Å². The van der Waals surface area contributed by atoms with E-state index in [-0.39, 0.29) is 12.4 Å². The minimum atomic E-state index is -0.490. The molecule has 2 aromatic rings. The lowest BCUT2D eigenvalue weighted by atomic mass is 10.2. The van der Waals surface area contributed by atoms with Gasteiger partial charge in [0.05, 0.1) is 4.47 Å².